The predicted octanol–water partition coefficient (Wildman–Crippen LogP) is 3.92. The van der Waals surface area contributed by atoms with E-state index in [1.165, 1.54) is 12.5 Å². The topological polar surface area (TPSA) is 65.0 Å². The van der Waals surface area contributed by atoms with Gasteiger partial charge in [0.05, 0.1) is 12.5 Å². The molecular formula is C13H16NO5P. The lowest BCUT2D eigenvalue weighted by molar-refractivity contribution is 0.223. The molecule has 3 heterocycles. The van der Waals surface area contributed by atoms with Crippen molar-refractivity contribution in [2.75, 3.05) is 13.1 Å². The van der Waals surface area contributed by atoms with Crippen molar-refractivity contribution in [1.82, 2.24) is 4.67 Å². The van der Waals surface area contributed by atoms with Gasteiger partial charge in [-0.1, -0.05) is 6.42 Å². The lowest BCUT2D eigenvalue weighted by atomic mass is 10.2. The first-order chi connectivity index (χ1) is 9.76. The number of nitrogens with zero attached hydrogens (tertiary/aromatic N) is 1. The summed E-state index contributed by atoms with van der Waals surface area (Å²) in [6.07, 6.45) is 5.98. The average molecular weight is 297 g/mol. The van der Waals surface area contributed by atoms with E-state index in [1.54, 1.807) is 28.9 Å². The third kappa shape index (κ3) is 2.92. The summed E-state index contributed by atoms with van der Waals surface area (Å²) in [5, 5.41) is 0. The highest BCUT2D eigenvalue weighted by Gasteiger charge is 2.39. The summed E-state index contributed by atoms with van der Waals surface area (Å²) < 4.78 is 36.0. The molecular weight excluding hydrogens is 281 g/mol. The molecule has 0 unspecified atom stereocenters. The van der Waals surface area contributed by atoms with Crippen molar-refractivity contribution in [2.45, 2.75) is 19.3 Å². The Morgan fingerprint density at radius 3 is 1.95 bits per heavy atom. The zero-order valence-electron chi connectivity index (χ0n) is 10.9. The Morgan fingerprint density at radius 2 is 1.50 bits per heavy atom. The van der Waals surface area contributed by atoms with E-state index in [0.717, 1.165) is 19.3 Å². The Bertz CT molecular complexity index is 519. The van der Waals surface area contributed by atoms with Gasteiger partial charge in [0.2, 0.25) is 0 Å². The molecule has 0 bridgehead atoms. The average Bonchev–Trinajstić information content (AvgIpc) is 3.13. The quantitative estimate of drug-likeness (QED) is 0.779. The molecule has 3 rings (SSSR count). The first-order valence-corrected chi connectivity index (χ1v) is 8.07. The summed E-state index contributed by atoms with van der Waals surface area (Å²) in [5.74, 6) is 0.343. The molecule has 1 saturated heterocycles. The van der Waals surface area contributed by atoms with E-state index >= 15 is 0 Å². The Balaban J connectivity index is 1.82. The molecule has 0 saturated carbocycles. The molecule has 7 heteroatoms. The Labute approximate surface area is 116 Å². The summed E-state index contributed by atoms with van der Waals surface area (Å²) in [6.45, 7) is 1.33. The van der Waals surface area contributed by atoms with Crippen molar-refractivity contribution < 1.29 is 22.4 Å². The summed E-state index contributed by atoms with van der Waals surface area (Å²) >= 11 is 0. The maximum absolute atomic E-state index is 13.1. The fourth-order valence-corrected chi connectivity index (χ4v) is 3.82. The van der Waals surface area contributed by atoms with E-state index in [9.17, 15) is 4.57 Å². The lowest BCUT2D eigenvalue weighted by Gasteiger charge is -2.30. The molecule has 2 aromatic rings. The first-order valence-electron chi connectivity index (χ1n) is 6.58. The van der Waals surface area contributed by atoms with Gasteiger partial charge in [-0.2, -0.15) is 4.67 Å². The van der Waals surface area contributed by atoms with Crippen molar-refractivity contribution in [2.24, 2.45) is 0 Å². The molecule has 108 valence electrons. The first kappa shape index (κ1) is 13.3. The van der Waals surface area contributed by atoms with Crippen molar-refractivity contribution in [3.63, 3.8) is 0 Å². The second-order valence-corrected chi connectivity index (χ2v) is 6.40. The fraction of sp³-hybridized carbons (Fsp3) is 0.385. The van der Waals surface area contributed by atoms with Gasteiger partial charge in [-0.3, -0.25) is 0 Å². The van der Waals surface area contributed by atoms with Crippen molar-refractivity contribution in [1.29, 1.82) is 0 Å². The minimum absolute atomic E-state index is 0.172. The van der Waals surface area contributed by atoms with Gasteiger partial charge in [-0.05, 0) is 25.0 Å². The molecule has 0 N–H and O–H groups in total. The van der Waals surface area contributed by atoms with Crippen molar-refractivity contribution >= 4 is 7.75 Å². The van der Waals surface area contributed by atoms with E-state index < -0.39 is 7.75 Å². The van der Waals surface area contributed by atoms with Crippen molar-refractivity contribution in [3.05, 3.63) is 36.8 Å². The van der Waals surface area contributed by atoms with Crippen LogP contribution in [-0.4, -0.2) is 17.8 Å². The van der Waals surface area contributed by atoms with Gasteiger partial charge in [-0.25, -0.2) is 4.57 Å². The van der Waals surface area contributed by atoms with E-state index in [2.05, 4.69) is 0 Å². The van der Waals surface area contributed by atoms with Gasteiger partial charge in [0.1, 0.15) is 0 Å². The van der Waals surface area contributed by atoms with Crippen LogP contribution in [0, 0.1) is 0 Å². The van der Waals surface area contributed by atoms with E-state index in [-0.39, 0.29) is 11.9 Å². The molecule has 1 aliphatic rings. The number of hydrogen-bond donors (Lipinski definition) is 0. The third-order valence-corrected chi connectivity index (χ3v) is 4.99. The molecule has 6 nitrogen and oxygen atoms in total. The molecule has 0 aromatic carbocycles. The van der Waals surface area contributed by atoms with E-state index in [4.69, 9.17) is 17.9 Å². The van der Waals surface area contributed by atoms with Crippen LogP contribution in [0.15, 0.2) is 45.6 Å². The van der Waals surface area contributed by atoms with Gasteiger partial charge in [0.25, 0.3) is 11.9 Å². The monoisotopic (exact) mass is 297 g/mol. The van der Waals surface area contributed by atoms with Gasteiger partial charge < -0.3 is 17.9 Å². The summed E-state index contributed by atoms with van der Waals surface area (Å²) in [4.78, 5) is 0. The standard InChI is InChI=1S/C13H16NO5P/c15-20(14-8-2-1-3-9-14,18-12-6-4-10-16-12)19-13-7-5-11-17-13/h4-7,10-11H,1-3,8-9H2. The van der Waals surface area contributed by atoms with Crippen LogP contribution in [0.4, 0.5) is 0 Å². The predicted molar refractivity (Wildman–Crippen MR) is 71.7 cm³/mol. The Morgan fingerprint density at radius 1 is 0.950 bits per heavy atom. The zero-order chi connectivity index (χ0) is 13.8. The van der Waals surface area contributed by atoms with Crippen LogP contribution in [0.2, 0.25) is 0 Å². The summed E-state index contributed by atoms with van der Waals surface area (Å²) in [7, 11) is -3.53. The Hall–Kier alpha value is -1.65. The van der Waals surface area contributed by atoms with Gasteiger partial charge >= 0.3 is 7.75 Å². The molecule has 0 amide bonds. The third-order valence-electron chi connectivity index (χ3n) is 3.08. The minimum Gasteiger partial charge on any atom is -0.434 e. The molecule has 0 atom stereocenters. The number of rotatable bonds is 5. The lowest BCUT2D eigenvalue weighted by Crippen LogP contribution is -2.30. The smallest absolute Gasteiger partial charge is 0.434 e. The highest BCUT2D eigenvalue weighted by molar-refractivity contribution is 7.52. The highest BCUT2D eigenvalue weighted by Crippen LogP contribution is 2.52. The second kappa shape index (κ2) is 5.77. The van der Waals surface area contributed by atoms with E-state index in [1.807, 2.05) is 0 Å². The molecule has 0 aliphatic carbocycles. The fourth-order valence-electron chi connectivity index (χ4n) is 2.11. The molecule has 1 fully saturated rings. The molecule has 1 aliphatic heterocycles. The Kier molecular flexibility index (Phi) is 3.85. The van der Waals surface area contributed by atoms with Crippen LogP contribution in [0.5, 0.6) is 11.9 Å². The largest absolute Gasteiger partial charge is 0.520 e. The molecule has 2 aromatic heterocycles. The highest BCUT2D eigenvalue weighted by atomic mass is 31.2. The summed E-state index contributed by atoms with van der Waals surface area (Å²) in [6, 6.07) is 6.54. The van der Waals surface area contributed by atoms with Crippen molar-refractivity contribution in [3.8, 4) is 11.9 Å². The minimum atomic E-state index is -3.53. The molecule has 0 spiro atoms. The second-order valence-electron chi connectivity index (χ2n) is 4.53. The molecule has 0 radical (unpaired) electrons. The van der Waals surface area contributed by atoms with Crippen LogP contribution >= 0.6 is 7.75 Å². The van der Waals surface area contributed by atoms with Gasteiger partial charge in [0, 0.05) is 25.2 Å². The molecule has 20 heavy (non-hydrogen) atoms. The number of furan rings is 2. The van der Waals surface area contributed by atoms with Crippen LogP contribution in [0.3, 0.4) is 0 Å². The van der Waals surface area contributed by atoms with Gasteiger partial charge in [0.15, 0.2) is 0 Å². The maximum Gasteiger partial charge on any atom is 0.520 e. The zero-order valence-corrected chi connectivity index (χ0v) is 11.8. The van der Waals surface area contributed by atoms with Crippen LogP contribution < -0.4 is 9.05 Å². The van der Waals surface area contributed by atoms with Crippen LogP contribution in [-0.2, 0) is 4.57 Å². The maximum atomic E-state index is 13.1. The number of piperidine rings is 1. The number of hydrogen-bond acceptors (Lipinski definition) is 5. The van der Waals surface area contributed by atoms with E-state index in [0.29, 0.717) is 13.1 Å². The van der Waals surface area contributed by atoms with Crippen LogP contribution in [0.1, 0.15) is 19.3 Å². The van der Waals surface area contributed by atoms with Crippen LogP contribution in [0.25, 0.3) is 0 Å². The normalized spacial score (nSPS) is 17.0. The SMILES string of the molecule is O=P(Oc1ccco1)(Oc1ccco1)N1CCCCC1. The summed E-state index contributed by atoms with van der Waals surface area (Å²) in [5.41, 5.74) is 0. The van der Waals surface area contributed by atoms with Gasteiger partial charge in [-0.15, -0.1) is 0 Å².